The molecule has 17 heavy (non-hydrogen) atoms. The van der Waals surface area contributed by atoms with E-state index in [0.717, 1.165) is 6.54 Å². The molecule has 1 unspecified atom stereocenters. The van der Waals surface area contributed by atoms with Crippen molar-refractivity contribution < 1.29 is 5.11 Å². The summed E-state index contributed by atoms with van der Waals surface area (Å²) in [6.45, 7) is 8.77. The molecule has 2 N–H and O–H groups in total. The summed E-state index contributed by atoms with van der Waals surface area (Å²) in [6, 6.07) is 0. The molecule has 1 aromatic heterocycles. The molecule has 5 heteroatoms. The second-order valence-electron chi connectivity index (χ2n) is 5.67. The zero-order chi connectivity index (χ0) is 13.3. The number of hydrogen-bond acceptors (Lipinski definition) is 3. The lowest BCUT2D eigenvalue weighted by Gasteiger charge is -2.27. The van der Waals surface area contributed by atoms with Crippen molar-refractivity contribution in [1.82, 2.24) is 15.1 Å². The molecular weight excluding hydrogens is 238 g/mol. The highest BCUT2D eigenvalue weighted by Crippen LogP contribution is 2.29. The fourth-order valence-corrected chi connectivity index (χ4v) is 2.19. The predicted octanol–water partition coefficient (Wildman–Crippen LogP) is 2.06. The molecule has 0 aromatic carbocycles. The average Bonchev–Trinajstić information content (AvgIpc) is 2.43. The molecule has 0 spiro atoms. The molecule has 0 saturated carbocycles. The number of rotatable bonds is 4. The molecule has 0 amide bonds. The van der Waals surface area contributed by atoms with Crippen LogP contribution in [0.4, 0.5) is 0 Å². The van der Waals surface area contributed by atoms with Gasteiger partial charge in [-0.2, -0.15) is 5.10 Å². The Labute approximate surface area is 108 Å². The highest BCUT2D eigenvalue weighted by Gasteiger charge is 2.29. The van der Waals surface area contributed by atoms with Gasteiger partial charge in [0.15, 0.2) is 0 Å². The van der Waals surface area contributed by atoms with Crippen LogP contribution in [0.25, 0.3) is 0 Å². The van der Waals surface area contributed by atoms with Gasteiger partial charge in [-0.1, -0.05) is 11.6 Å². The Morgan fingerprint density at radius 1 is 1.41 bits per heavy atom. The first-order valence-corrected chi connectivity index (χ1v) is 6.17. The Balaban J connectivity index is 2.69. The molecular formula is C12H22ClN3O. The van der Waals surface area contributed by atoms with E-state index >= 15 is 0 Å². The van der Waals surface area contributed by atoms with E-state index in [2.05, 4.69) is 31.2 Å². The molecule has 4 nitrogen and oxygen atoms in total. The molecule has 0 aliphatic rings. The normalized spacial score (nSPS) is 15.9. The highest BCUT2D eigenvalue weighted by molar-refractivity contribution is 6.31. The van der Waals surface area contributed by atoms with Crippen LogP contribution in [0.5, 0.6) is 0 Å². The van der Waals surface area contributed by atoms with Gasteiger partial charge in [0.05, 0.1) is 16.9 Å². The largest absolute Gasteiger partial charge is 0.384 e. The molecule has 98 valence electrons. The highest BCUT2D eigenvalue weighted by atomic mass is 35.5. The van der Waals surface area contributed by atoms with Crippen molar-refractivity contribution in [2.45, 2.75) is 45.3 Å². The first kappa shape index (κ1) is 14.5. The Morgan fingerprint density at radius 3 is 2.41 bits per heavy atom. The maximum Gasteiger partial charge on any atom is 0.106 e. The minimum atomic E-state index is -0.972. The molecule has 1 atom stereocenters. The van der Waals surface area contributed by atoms with Crippen LogP contribution in [0.3, 0.4) is 0 Å². The fraction of sp³-hybridized carbons (Fsp3) is 0.750. The molecule has 0 aliphatic heterocycles. The second kappa shape index (κ2) is 4.96. The van der Waals surface area contributed by atoms with Crippen molar-refractivity contribution in [3.63, 3.8) is 0 Å². The molecule has 1 aromatic rings. The van der Waals surface area contributed by atoms with Gasteiger partial charge in [-0.05, 0) is 40.7 Å². The quantitative estimate of drug-likeness (QED) is 0.870. The van der Waals surface area contributed by atoms with Crippen molar-refractivity contribution in [3.8, 4) is 0 Å². The number of aliphatic hydroxyl groups is 1. The molecule has 0 fully saturated rings. The van der Waals surface area contributed by atoms with E-state index < -0.39 is 5.60 Å². The number of nitrogens with zero attached hydrogens (tertiary/aromatic N) is 2. The molecule has 1 rings (SSSR count). The number of aromatic nitrogens is 2. The van der Waals surface area contributed by atoms with E-state index in [1.54, 1.807) is 24.9 Å². The van der Waals surface area contributed by atoms with Crippen LogP contribution >= 0.6 is 11.6 Å². The van der Waals surface area contributed by atoms with Gasteiger partial charge in [-0.3, -0.25) is 4.68 Å². The summed E-state index contributed by atoms with van der Waals surface area (Å²) in [6.07, 6.45) is 2.14. The van der Waals surface area contributed by atoms with Crippen molar-refractivity contribution in [3.05, 3.63) is 16.9 Å². The molecule has 0 radical (unpaired) electrons. The summed E-state index contributed by atoms with van der Waals surface area (Å²) in [5.74, 6) is 0. The maximum absolute atomic E-state index is 10.4. The van der Waals surface area contributed by atoms with Crippen LogP contribution in [0.15, 0.2) is 6.20 Å². The lowest BCUT2D eigenvalue weighted by molar-refractivity contribution is 0.0382. The number of hydrogen-bond donors (Lipinski definition) is 2. The number of aryl methyl sites for hydroxylation is 1. The number of nitrogens with one attached hydrogen (secondary N) is 1. The Hall–Kier alpha value is -0.580. The summed E-state index contributed by atoms with van der Waals surface area (Å²) < 4.78 is 1.62. The van der Waals surface area contributed by atoms with Crippen LogP contribution < -0.4 is 5.32 Å². The van der Waals surface area contributed by atoms with Gasteiger partial charge in [-0.25, -0.2) is 0 Å². The lowest BCUT2D eigenvalue weighted by atomic mass is 9.97. The van der Waals surface area contributed by atoms with Crippen molar-refractivity contribution in [2.24, 2.45) is 7.05 Å². The van der Waals surface area contributed by atoms with Crippen LogP contribution in [-0.4, -0.2) is 27.0 Å². The third-order valence-electron chi connectivity index (χ3n) is 2.67. The minimum absolute atomic E-state index is 0.0479. The van der Waals surface area contributed by atoms with E-state index in [1.165, 1.54) is 0 Å². The van der Waals surface area contributed by atoms with E-state index in [-0.39, 0.29) is 5.54 Å². The maximum atomic E-state index is 10.4. The predicted molar refractivity (Wildman–Crippen MR) is 70.2 cm³/mol. The average molecular weight is 260 g/mol. The van der Waals surface area contributed by atoms with Crippen LogP contribution in [-0.2, 0) is 12.6 Å². The van der Waals surface area contributed by atoms with E-state index in [1.807, 2.05) is 0 Å². The standard InChI is InChI=1S/C12H22ClN3O/c1-11(2,3)14-7-6-12(4,17)10-9(13)8-15-16(10)5/h8,14,17H,6-7H2,1-5H3. The molecule has 0 bridgehead atoms. The van der Waals surface area contributed by atoms with Gasteiger partial charge < -0.3 is 10.4 Å². The van der Waals surface area contributed by atoms with Crippen LogP contribution in [0.1, 0.15) is 39.8 Å². The third-order valence-corrected chi connectivity index (χ3v) is 2.95. The van der Waals surface area contributed by atoms with Gasteiger partial charge in [0.1, 0.15) is 5.60 Å². The van der Waals surface area contributed by atoms with Crippen molar-refractivity contribution in [1.29, 1.82) is 0 Å². The Morgan fingerprint density at radius 2 is 2.00 bits per heavy atom. The van der Waals surface area contributed by atoms with Crippen LogP contribution in [0.2, 0.25) is 5.02 Å². The van der Waals surface area contributed by atoms with Crippen molar-refractivity contribution in [2.75, 3.05) is 6.54 Å². The molecule has 0 aliphatic carbocycles. The van der Waals surface area contributed by atoms with Gasteiger partial charge in [0, 0.05) is 12.6 Å². The topological polar surface area (TPSA) is 50.1 Å². The van der Waals surface area contributed by atoms with Gasteiger partial charge in [-0.15, -0.1) is 0 Å². The first-order chi connectivity index (χ1) is 7.63. The van der Waals surface area contributed by atoms with Crippen molar-refractivity contribution >= 4 is 11.6 Å². The van der Waals surface area contributed by atoms with Gasteiger partial charge in [0.25, 0.3) is 0 Å². The summed E-state index contributed by atoms with van der Waals surface area (Å²) in [4.78, 5) is 0. The van der Waals surface area contributed by atoms with Gasteiger partial charge in [0.2, 0.25) is 0 Å². The molecule has 1 heterocycles. The van der Waals surface area contributed by atoms with Gasteiger partial charge >= 0.3 is 0 Å². The Kier molecular flexibility index (Phi) is 4.23. The summed E-state index contributed by atoms with van der Waals surface area (Å²) in [5.41, 5.74) is -0.262. The fourth-order valence-electron chi connectivity index (χ4n) is 1.82. The third kappa shape index (κ3) is 3.98. The van der Waals surface area contributed by atoms with E-state index in [0.29, 0.717) is 17.1 Å². The summed E-state index contributed by atoms with van der Waals surface area (Å²) in [5, 5.41) is 18.3. The first-order valence-electron chi connectivity index (χ1n) is 5.79. The van der Waals surface area contributed by atoms with E-state index in [4.69, 9.17) is 11.6 Å². The summed E-state index contributed by atoms with van der Waals surface area (Å²) in [7, 11) is 1.78. The lowest BCUT2D eigenvalue weighted by Crippen LogP contribution is -2.39. The Bertz CT molecular complexity index is 360. The SMILES string of the molecule is Cn1ncc(Cl)c1C(C)(O)CCNC(C)(C)C. The second-order valence-corrected chi connectivity index (χ2v) is 6.07. The number of halogens is 1. The smallest absolute Gasteiger partial charge is 0.106 e. The zero-order valence-electron chi connectivity index (χ0n) is 11.2. The summed E-state index contributed by atoms with van der Waals surface area (Å²) >= 11 is 6.03. The monoisotopic (exact) mass is 259 g/mol. The zero-order valence-corrected chi connectivity index (χ0v) is 12.0. The molecule has 0 saturated heterocycles. The minimum Gasteiger partial charge on any atom is -0.384 e. The van der Waals surface area contributed by atoms with Crippen LogP contribution in [0, 0.1) is 0 Å². The van der Waals surface area contributed by atoms with E-state index in [9.17, 15) is 5.11 Å².